The number of hydrogen-bond acceptors (Lipinski definition) is 5. The van der Waals surface area contributed by atoms with Crippen molar-refractivity contribution in [3.05, 3.63) is 16.1 Å². The first-order valence-electron chi connectivity index (χ1n) is 4.60. The lowest BCUT2D eigenvalue weighted by Gasteiger charge is -2.29. The quantitative estimate of drug-likeness (QED) is 0.759. The average molecular weight is 215 g/mol. The van der Waals surface area contributed by atoms with E-state index in [9.17, 15) is 5.11 Å². The number of aliphatic hydroxyl groups is 2. The molecule has 2 heterocycles. The largest absolute Gasteiger partial charge is 0.390 e. The number of aliphatic hydroxyl groups excluding tert-OH is 1. The standard InChI is InChI=1S/C9H13NO3S/c11-5-7-6-14-8(10-7)9(12)1-3-13-4-2-9/h6,11-12H,1-5H2. The van der Waals surface area contributed by atoms with Crippen molar-refractivity contribution in [2.45, 2.75) is 25.0 Å². The number of hydrogen-bond donors (Lipinski definition) is 2. The molecule has 1 aliphatic heterocycles. The average Bonchev–Trinajstić information content (AvgIpc) is 2.67. The zero-order valence-corrected chi connectivity index (χ0v) is 8.59. The van der Waals surface area contributed by atoms with E-state index in [2.05, 4.69) is 4.98 Å². The summed E-state index contributed by atoms with van der Waals surface area (Å²) in [5, 5.41) is 21.6. The number of thiazole rings is 1. The van der Waals surface area contributed by atoms with Crippen LogP contribution in [0.25, 0.3) is 0 Å². The summed E-state index contributed by atoms with van der Waals surface area (Å²) in [6.45, 7) is 1.08. The molecule has 0 radical (unpaired) electrons. The highest BCUT2D eigenvalue weighted by Gasteiger charge is 2.34. The molecule has 0 bridgehead atoms. The van der Waals surface area contributed by atoms with E-state index in [1.54, 1.807) is 5.38 Å². The molecular formula is C9H13NO3S. The fourth-order valence-electron chi connectivity index (χ4n) is 1.52. The number of nitrogens with zero attached hydrogens (tertiary/aromatic N) is 1. The lowest BCUT2D eigenvalue weighted by molar-refractivity contribution is -0.0681. The summed E-state index contributed by atoms with van der Waals surface area (Å²) in [6.07, 6.45) is 1.18. The predicted molar refractivity (Wildman–Crippen MR) is 52.0 cm³/mol. The number of rotatable bonds is 2. The fraction of sp³-hybridized carbons (Fsp3) is 0.667. The van der Waals surface area contributed by atoms with Gasteiger partial charge in [0.25, 0.3) is 0 Å². The second-order valence-electron chi connectivity index (χ2n) is 3.45. The molecule has 14 heavy (non-hydrogen) atoms. The molecule has 0 atom stereocenters. The van der Waals surface area contributed by atoms with Crippen molar-refractivity contribution in [3.8, 4) is 0 Å². The molecule has 0 saturated carbocycles. The van der Waals surface area contributed by atoms with Crippen molar-refractivity contribution < 1.29 is 14.9 Å². The predicted octanol–water partition coefficient (Wildman–Crippen LogP) is 0.633. The maximum Gasteiger partial charge on any atom is 0.125 e. The molecule has 1 aromatic heterocycles. The first kappa shape index (κ1) is 10.0. The van der Waals surface area contributed by atoms with Crippen LogP contribution in [0.15, 0.2) is 5.38 Å². The van der Waals surface area contributed by atoms with Crippen molar-refractivity contribution in [2.75, 3.05) is 13.2 Å². The third kappa shape index (κ3) is 1.81. The molecule has 0 amide bonds. The molecule has 0 aromatic carbocycles. The molecule has 4 nitrogen and oxygen atoms in total. The van der Waals surface area contributed by atoms with Crippen LogP contribution in [0.5, 0.6) is 0 Å². The van der Waals surface area contributed by atoms with Gasteiger partial charge in [0.05, 0.1) is 12.3 Å². The van der Waals surface area contributed by atoms with Crippen molar-refractivity contribution >= 4 is 11.3 Å². The minimum absolute atomic E-state index is 0.0664. The van der Waals surface area contributed by atoms with Gasteiger partial charge in [-0.15, -0.1) is 11.3 Å². The van der Waals surface area contributed by atoms with Gasteiger partial charge in [-0.25, -0.2) is 4.98 Å². The molecule has 0 aliphatic carbocycles. The Morgan fingerprint density at radius 2 is 2.21 bits per heavy atom. The lowest BCUT2D eigenvalue weighted by Crippen LogP contribution is -2.33. The maximum absolute atomic E-state index is 10.2. The Morgan fingerprint density at radius 1 is 1.50 bits per heavy atom. The van der Waals surface area contributed by atoms with Gasteiger partial charge >= 0.3 is 0 Å². The molecular weight excluding hydrogens is 202 g/mol. The third-order valence-corrected chi connectivity index (χ3v) is 3.52. The number of ether oxygens (including phenoxy) is 1. The zero-order valence-electron chi connectivity index (χ0n) is 7.77. The van der Waals surface area contributed by atoms with E-state index in [-0.39, 0.29) is 6.61 Å². The van der Waals surface area contributed by atoms with E-state index < -0.39 is 5.60 Å². The molecule has 1 fully saturated rings. The van der Waals surface area contributed by atoms with Crippen LogP contribution >= 0.6 is 11.3 Å². The second kappa shape index (κ2) is 3.94. The molecule has 1 saturated heterocycles. The Balaban J connectivity index is 2.19. The van der Waals surface area contributed by atoms with Crippen LogP contribution < -0.4 is 0 Å². The summed E-state index contributed by atoms with van der Waals surface area (Å²) in [5.74, 6) is 0. The van der Waals surface area contributed by atoms with Gasteiger partial charge < -0.3 is 14.9 Å². The number of aromatic nitrogens is 1. The van der Waals surface area contributed by atoms with Crippen LogP contribution in [0.1, 0.15) is 23.5 Å². The molecule has 1 aliphatic rings. The Bertz CT molecular complexity index is 307. The zero-order chi connectivity index (χ0) is 10.0. The summed E-state index contributed by atoms with van der Waals surface area (Å²) in [4.78, 5) is 4.19. The molecule has 5 heteroatoms. The summed E-state index contributed by atoms with van der Waals surface area (Å²) in [5.41, 5.74) is -0.207. The van der Waals surface area contributed by atoms with E-state index >= 15 is 0 Å². The summed E-state index contributed by atoms with van der Waals surface area (Å²) in [7, 11) is 0. The van der Waals surface area contributed by atoms with E-state index in [1.165, 1.54) is 11.3 Å². The van der Waals surface area contributed by atoms with Crippen LogP contribution in [0, 0.1) is 0 Å². The second-order valence-corrected chi connectivity index (χ2v) is 4.30. The molecule has 0 spiro atoms. The van der Waals surface area contributed by atoms with Crippen molar-refractivity contribution in [1.29, 1.82) is 0 Å². The smallest absolute Gasteiger partial charge is 0.125 e. The molecule has 78 valence electrons. The minimum Gasteiger partial charge on any atom is -0.390 e. The summed E-state index contributed by atoms with van der Waals surface area (Å²) >= 11 is 1.40. The Morgan fingerprint density at radius 3 is 2.79 bits per heavy atom. The van der Waals surface area contributed by atoms with Crippen molar-refractivity contribution in [3.63, 3.8) is 0 Å². The Kier molecular flexibility index (Phi) is 2.83. The van der Waals surface area contributed by atoms with Crippen molar-refractivity contribution in [1.82, 2.24) is 4.98 Å². The van der Waals surface area contributed by atoms with E-state index in [0.717, 1.165) is 0 Å². The van der Waals surface area contributed by atoms with Crippen LogP contribution in [-0.2, 0) is 16.9 Å². The van der Waals surface area contributed by atoms with Gasteiger partial charge in [-0.3, -0.25) is 0 Å². The van der Waals surface area contributed by atoms with Gasteiger partial charge in [-0.05, 0) is 0 Å². The van der Waals surface area contributed by atoms with Gasteiger partial charge in [0, 0.05) is 31.4 Å². The van der Waals surface area contributed by atoms with Gasteiger partial charge in [0.2, 0.25) is 0 Å². The highest BCUT2D eigenvalue weighted by molar-refractivity contribution is 7.09. The topological polar surface area (TPSA) is 62.6 Å². The maximum atomic E-state index is 10.2. The van der Waals surface area contributed by atoms with E-state index in [0.29, 0.717) is 36.8 Å². The fourth-order valence-corrected chi connectivity index (χ4v) is 2.48. The van der Waals surface area contributed by atoms with Gasteiger partial charge in [0.1, 0.15) is 10.6 Å². The summed E-state index contributed by atoms with van der Waals surface area (Å²) < 4.78 is 5.19. The lowest BCUT2D eigenvalue weighted by atomic mass is 9.95. The molecule has 2 N–H and O–H groups in total. The molecule has 2 rings (SSSR count). The highest BCUT2D eigenvalue weighted by Crippen LogP contribution is 2.33. The Labute approximate surface area is 86.2 Å². The van der Waals surface area contributed by atoms with Gasteiger partial charge in [0.15, 0.2) is 0 Å². The highest BCUT2D eigenvalue weighted by atomic mass is 32.1. The van der Waals surface area contributed by atoms with E-state index in [1.807, 2.05) is 0 Å². The van der Waals surface area contributed by atoms with Crippen LogP contribution in [0.3, 0.4) is 0 Å². The molecule has 0 unspecified atom stereocenters. The monoisotopic (exact) mass is 215 g/mol. The summed E-state index contributed by atoms with van der Waals surface area (Å²) in [6, 6.07) is 0. The third-order valence-electron chi connectivity index (χ3n) is 2.43. The first-order chi connectivity index (χ1) is 6.74. The molecule has 1 aromatic rings. The normalized spacial score (nSPS) is 21.0. The van der Waals surface area contributed by atoms with Crippen LogP contribution in [0.4, 0.5) is 0 Å². The SMILES string of the molecule is OCc1csc(C2(O)CCOCC2)n1. The van der Waals surface area contributed by atoms with Crippen LogP contribution in [0.2, 0.25) is 0 Å². The first-order valence-corrected chi connectivity index (χ1v) is 5.48. The van der Waals surface area contributed by atoms with Gasteiger partial charge in [-0.1, -0.05) is 0 Å². The Hall–Kier alpha value is -0.490. The minimum atomic E-state index is -0.837. The van der Waals surface area contributed by atoms with Gasteiger partial charge in [-0.2, -0.15) is 0 Å². The van der Waals surface area contributed by atoms with E-state index in [4.69, 9.17) is 9.84 Å². The van der Waals surface area contributed by atoms with Crippen LogP contribution in [-0.4, -0.2) is 28.4 Å². The van der Waals surface area contributed by atoms with Crippen molar-refractivity contribution in [2.24, 2.45) is 0 Å².